The maximum Gasteiger partial charge on any atom is 0.302 e. The zero-order chi connectivity index (χ0) is 15.0. The number of Topliss-reactive ketones (excluding diaryl/α,β-unsaturated/α-hetero) is 1. The van der Waals surface area contributed by atoms with Crippen molar-refractivity contribution in [2.75, 3.05) is 6.61 Å². The van der Waals surface area contributed by atoms with E-state index < -0.39 is 0 Å². The largest absolute Gasteiger partial charge is 0.466 e. The molecule has 3 nitrogen and oxygen atoms in total. The van der Waals surface area contributed by atoms with Crippen LogP contribution < -0.4 is 0 Å². The third-order valence-corrected chi connectivity index (χ3v) is 3.43. The molecule has 0 fully saturated rings. The second-order valence-corrected chi connectivity index (χ2v) is 6.20. The number of aryl methyl sites for hydroxylation is 1. The van der Waals surface area contributed by atoms with Crippen LogP contribution in [0.15, 0.2) is 24.3 Å². The summed E-state index contributed by atoms with van der Waals surface area (Å²) >= 11 is 3.29. The minimum atomic E-state index is -0.216. The van der Waals surface area contributed by atoms with Crippen LogP contribution in [0.25, 0.3) is 0 Å². The lowest BCUT2D eigenvalue weighted by Gasteiger charge is -2.05. The van der Waals surface area contributed by atoms with Crippen LogP contribution >= 0.6 is 15.9 Å². The van der Waals surface area contributed by atoms with Gasteiger partial charge in [-0.3, -0.25) is 9.59 Å². The molecule has 0 radical (unpaired) electrons. The molecular weight excluding hydrogens is 320 g/mol. The van der Waals surface area contributed by atoms with Crippen molar-refractivity contribution in [1.29, 1.82) is 0 Å². The first-order valence-corrected chi connectivity index (χ1v) is 7.83. The molecule has 0 aliphatic heterocycles. The third-order valence-electron chi connectivity index (χ3n) is 3.01. The Bertz CT molecular complexity index is 438. The molecule has 1 unspecified atom stereocenters. The van der Waals surface area contributed by atoms with E-state index in [1.807, 2.05) is 31.2 Å². The second kappa shape index (κ2) is 8.90. The van der Waals surface area contributed by atoms with Gasteiger partial charge in [0.05, 0.1) is 11.4 Å². The van der Waals surface area contributed by atoms with E-state index in [0.29, 0.717) is 6.61 Å². The molecule has 0 saturated carbocycles. The number of esters is 1. The number of hydrogen-bond donors (Lipinski definition) is 0. The molecule has 0 aliphatic carbocycles. The van der Waals surface area contributed by atoms with E-state index in [4.69, 9.17) is 4.74 Å². The molecule has 4 heteroatoms. The predicted molar refractivity (Wildman–Crippen MR) is 83.3 cm³/mol. The minimum Gasteiger partial charge on any atom is -0.466 e. The van der Waals surface area contributed by atoms with Gasteiger partial charge in [-0.25, -0.2) is 0 Å². The predicted octanol–water partition coefficient (Wildman–Crippen LogP) is 3.93. The first kappa shape index (κ1) is 16.9. The Kier molecular flexibility index (Phi) is 7.52. The SMILES string of the molecule is CC(=O)OCCCCCc1ccc(C(=O)C(C)Br)cc1. The van der Waals surface area contributed by atoms with Crippen molar-refractivity contribution in [3.63, 3.8) is 0 Å². The fraction of sp³-hybridized carbons (Fsp3) is 0.500. The summed E-state index contributed by atoms with van der Waals surface area (Å²) in [7, 11) is 0. The summed E-state index contributed by atoms with van der Waals surface area (Å²) < 4.78 is 4.88. The summed E-state index contributed by atoms with van der Waals surface area (Å²) in [6.45, 7) is 3.77. The zero-order valence-electron chi connectivity index (χ0n) is 12.0. The normalized spacial score (nSPS) is 11.9. The minimum absolute atomic E-state index is 0.109. The number of rotatable bonds is 8. The molecule has 1 aromatic rings. The molecule has 0 bridgehead atoms. The van der Waals surface area contributed by atoms with Crippen molar-refractivity contribution in [2.45, 2.75) is 44.4 Å². The Hall–Kier alpha value is -1.16. The highest BCUT2D eigenvalue weighted by atomic mass is 79.9. The summed E-state index contributed by atoms with van der Waals surface area (Å²) in [5, 5.41) is 0. The van der Waals surface area contributed by atoms with Crippen molar-refractivity contribution >= 4 is 27.7 Å². The molecule has 1 aromatic carbocycles. The molecule has 0 aliphatic rings. The van der Waals surface area contributed by atoms with Crippen LogP contribution in [0.1, 0.15) is 49.0 Å². The van der Waals surface area contributed by atoms with Crippen molar-refractivity contribution in [3.05, 3.63) is 35.4 Å². The molecular formula is C16H21BrO3. The van der Waals surface area contributed by atoms with Gasteiger partial charge in [0, 0.05) is 12.5 Å². The Morgan fingerprint density at radius 3 is 2.35 bits per heavy atom. The third kappa shape index (κ3) is 6.33. The van der Waals surface area contributed by atoms with Gasteiger partial charge in [0.1, 0.15) is 0 Å². The first-order valence-electron chi connectivity index (χ1n) is 6.91. The Balaban J connectivity index is 2.28. The van der Waals surface area contributed by atoms with Gasteiger partial charge in [-0.1, -0.05) is 40.2 Å². The highest BCUT2D eigenvalue weighted by molar-refractivity contribution is 9.10. The van der Waals surface area contributed by atoms with Crippen molar-refractivity contribution < 1.29 is 14.3 Å². The number of ether oxygens (including phenoxy) is 1. The lowest BCUT2D eigenvalue weighted by atomic mass is 10.0. The number of hydrogen-bond acceptors (Lipinski definition) is 3. The van der Waals surface area contributed by atoms with Gasteiger partial charge in [0.2, 0.25) is 0 Å². The van der Waals surface area contributed by atoms with Crippen LogP contribution in [-0.2, 0) is 16.0 Å². The maximum atomic E-state index is 11.8. The average molecular weight is 341 g/mol. The van der Waals surface area contributed by atoms with Gasteiger partial charge >= 0.3 is 5.97 Å². The monoisotopic (exact) mass is 340 g/mol. The number of ketones is 1. The fourth-order valence-corrected chi connectivity index (χ4v) is 2.15. The van der Waals surface area contributed by atoms with Crippen LogP contribution in [-0.4, -0.2) is 23.2 Å². The molecule has 110 valence electrons. The van der Waals surface area contributed by atoms with Crippen LogP contribution in [0.2, 0.25) is 0 Å². The summed E-state index contributed by atoms with van der Waals surface area (Å²) in [6, 6.07) is 7.78. The Morgan fingerprint density at radius 1 is 1.15 bits per heavy atom. The van der Waals surface area contributed by atoms with Gasteiger partial charge in [0.25, 0.3) is 0 Å². The van der Waals surface area contributed by atoms with E-state index >= 15 is 0 Å². The molecule has 0 saturated heterocycles. The van der Waals surface area contributed by atoms with E-state index in [1.165, 1.54) is 12.5 Å². The van der Waals surface area contributed by atoms with Crippen LogP contribution in [0, 0.1) is 0 Å². The first-order chi connectivity index (χ1) is 9.50. The quantitative estimate of drug-likeness (QED) is 0.311. The molecule has 0 heterocycles. The van der Waals surface area contributed by atoms with Gasteiger partial charge in [-0.15, -0.1) is 0 Å². The number of benzene rings is 1. The fourth-order valence-electron chi connectivity index (χ4n) is 1.89. The van der Waals surface area contributed by atoms with Gasteiger partial charge < -0.3 is 4.74 Å². The summed E-state index contributed by atoms with van der Waals surface area (Å²) in [4.78, 5) is 22.2. The van der Waals surface area contributed by atoms with Crippen LogP contribution in [0.3, 0.4) is 0 Å². The Morgan fingerprint density at radius 2 is 1.80 bits per heavy atom. The van der Waals surface area contributed by atoms with Crippen molar-refractivity contribution in [2.24, 2.45) is 0 Å². The summed E-state index contributed by atoms with van der Waals surface area (Å²) in [5.74, 6) is -0.107. The zero-order valence-corrected chi connectivity index (χ0v) is 13.6. The van der Waals surface area contributed by atoms with E-state index in [2.05, 4.69) is 15.9 Å². The smallest absolute Gasteiger partial charge is 0.302 e. The van der Waals surface area contributed by atoms with Crippen LogP contribution in [0.4, 0.5) is 0 Å². The number of unbranched alkanes of at least 4 members (excludes halogenated alkanes) is 2. The van der Waals surface area contributed by atoms with E-state index in [1.54, 1.807) is 0 Å². The van der Waals surface area contributed by atoms with Gasteiger partial charge in [0.15, 0.2) is 5.78 Å². The molecule has 0 amide bonds. The number of halogens is 1. The molecule has 20 heavy (non-hydrogen) atoms. The van der Waals surface area contributed by atoms with Gasteiger partial charge in [-0.2, -0.15) is 0 Å². The van der Waals surface area contributed by atoms with E-state index in [9.17, 15) is 9.59 Å². The number of alkyl halides is 1. The van der Waals surface area contributed by atoms with E-state index in [-0.39, 0.29) is 16.6 Å². The lowest BCUT2D eigenvalue weighted by Crippen LogP contribution is -2.09. The Labute approximate surface area is 128 Å². The highest BCUT2D eigenvalue weighted by Crippen LogP contribution is 2.13. The van der Waals surface area contributed by atoms with Gasteiger partial charge in [-0.05, 0) is 38.2 Å². The molecule has 0 N–H and O–H groups in total. The second-order valence-electron chi connectivity index (χ2n) is 4.83. The average Bonchev–Trinajstić information content (AvgIpc) is 2.42. The summed E-state index contributed by atoms with van der Waals surface area (Å²) in [5.41, 5.74) is 1.98. The molecule has 0 spiro atoms. The summed E-state index contributed by atoms with van der Waals surface area (Å²) in [6.07, 6.45) is 3.98. The maximum absolute atomic E-state index is 11.8. The van der Waals surface area contributed by atoms with Crippen molar-refractivity contribution in [3.8, 4) is 0 Å². The van der Waals surface area contributed by atoms with Crippen molar-refractivity contribution in [1.82, 2.24) is 0 Å². The standard InChI is InChI=1S/C16H21BrO3/c1-12(17)16(19)15-9-7-14(8-10-15)6-4-3-5-11-20-13(2)18/h7-10,12H,3-6,11H2,1-2H3. The highest BCUT2D eigenvalue weighted by Gasteiger charge is 2.11. The molecule has 1 atom stereocenters. The molecule has 1 rings (SSSR count). The topological polar surface area (TPSA) is 43.4 Å². The van der Waals surface area contributed by atoms with E-state index in [0.717, 1.165) is 31.2 Å². The number of carbonyl (C=O) groups is 2. The number of carbonyl (C=O) groups excluding carboxylic acids is 2. The lowest BCUT2D eigenvalue weighted by molar-refractivity contribution is -0.141. The van der Waals surface area contributed by atoms with Crippen LogP contribution in [0.5, 0.6) is 0 Å². The molecule has 0 aromatic heterocycles.